The summed E-state index contributed by atoms with van der Waals surface area (Å²) in [5.74, 6) is -0.907. The van der Waals surface area contributed by atoms with Gasteiger partial charge < -0.3 is 9.88 Å². The number of rotatable bonds is 6. The summed E-state index contributed by atoms with van der Waals surface area (Å²) in [6.07, 6.45) is 2.47. The third kappa shape index (κ3) is 4.60. The predicted molar refractivity (Wildman–Crippen MR) is 144 cm³/mol. The van der Waals surface area contributed by atoms with Gasteiger partial charge in [-0.05, 0) is 84.0 Å². The molecule has 0 saturated carbocycles. The van der Waals surface area contributed by atoms with Gasteiger partial charge in [0.15, 0.2) is 0 Å². The molecule has 1 fully saturated rings. The highest BCUT2D eigenvalue weighted by molar-refractivity contribution is 14.1. The molecule has 1 atom stereocenters. The van der Waals surface area contributed by atoms with Gasteiger partial charge >= 0.3 is 0 Å². The second-order valence-corrected chi connectivity index (χ2v) is 9.99. The summed E-state index contributed by atoms with van der Waals surface area (Å²) in [4.78, 5) is 46.2. The molecule has 35 heavy (non-hydrogen) atoms. The molecule has 3 amide bonds. The van der Waals surface area contributed by atoms with Crippen molar-refractivity contribution < 1.29 is 14.4 Å². The Kier molecular flexibility index (Phi) is 6.42. The van der Waals surface area contributed by atoms with Gasteiger partial charge in [-0.3, -0.25) is 14.4 Å². The Balaban J connectivity index is 1.46. The molecule has 1 unspecified atom stereocenters. The Labute approximate surface area is 217 Å². The maximum Gasteiger partial charge on any atom is 0.257 e. The van der Waals surface area contributed by atoms with Crippen molar-refractivity contribution in [2.75, 3.05) is 11.4 Å². The van der Waals surface area contributed by atoms with Crippen molar-refractivity contribution in [2.24, 2.45) is 0 Å². The average Bonchev–Trinajstić information content (AvgIpc) is 3.40. The zero-order valence-electron chi connectivity index (χ0n) is 19.2. The number of aromatic amines is 1. The first kappa shape index (κ1) is 23.3. The molecule has 0 aliphatic carbocycles. The fraction of sp³-hybridized carbons (Fsp3) is 0.179. The van der Waals surface area contributed by atoms with Crippen molar-refractivity contribution in [3.8, 4) is 0 Å². The molecule has 0 spiro atoms. The summed E-state index contributed by atoms with van der Waals surface area (Å²) in [6, 6.07) is 21.7. The monoisotopic (exact) mass is 577 g/mol. The third-order valence-electron chi connectivity index (χ3n) is 6.41. The van der Waals surface area contributed by atoms with E-state index in [0.717, 1.165) is 25.6 Å². The third-order valence-corrected chi connectivity index (χ3v) is 7.13. The molecule has 1 aromatic heterocycles. The van der Waals surface area contributed by atoms with Crippen LogP contribution in [0.5, 0.6) is 0 Å². The number of aryl methyl sites for hydroxylation is 1. The largest absolute Gasteiger partial charge is 0.361 e. The SMILES string of the molecule is Cc1cccc(C(=O)N(CCc2c[nH]c3ccccc23)C2CC(=O)N(c3ccc(I)cc3)C2=O)c1. The first-order valence-corrected chi connectivity index (χ1v) is 12.6. The number of para-hydroxylation sites is 1. The summed E-state index contributed by atoms with van der Waals surface area (Å²) in [6.45, 7) is 2.24. The number of nitrogens with zero attached hydrogens (tertiary/aromatic N) is 2. The smallest absolute Gasteiger partial charge is 0.257 e. The van der Waals surface area contributed by atoms with E-state index in [9.17, 15) is 14.4 Å². The van der Waals surface area contributed by atoms with E-state index in [1.165, 1.54) is 4.90 Å². The standard InChI is InChI=1S/C28H24IN3O3/c1-18-5-4-6-19(15-18)27(34)31(14-13-20-17-30-24-8-3-2-7-23(20)24)25-16-26(33)32(28(25)35)22-11-9-21(29)10-12-22/h2-12,15,17,25,30H,13-14,16H2,1H3. The number of carbonyl (C=O) groups excluding carboxylic acids is 3. The predicted octanol–water partition coefficient (Wildman–Crippen LogP) is 5.10. The van der Waals surface area contributed by atoms with Crippen molar-refractivity contribution in [3.05, 3.63) is 99.3 Å². The van der Waals surface area contributed by atoms with Crippen molar-refractivity contribution in [1.82, 2.24) is 9.88 Å². The molecule has 0 bridgehead atoms. The number of anilines is 1. The molecule has 4 aromatic rings. The van der Waals surface area contributed by atoms with E-state index < -0.39 is 6.04 Å². The Hall–Kier alpha value is -3.46. The highest BCUT2D eigenvalue weighted by atomic mass is 127. The number of halogens is 1. The first-order valence-electron chi connectivity index (χ1n) is 11.5. The number of imide groups is 1. The molecule has 2 heterocycles. The van der Waals surface area contributed by atoms with E-state index in [0.29, 0.717) is 24.2 Å². The topological polar surface area (TPSA) is 73.5 Å². The quantitative estimate of drug-likeness (QED) is 0.256. The zero-order valence-corrected chi connectivity index (χ0v) is 21.4. The summed E-state index contributed by atoms with van der Waals surface area (Å²) < 4.78 is 1.01. The molecule has 1 aliphatic rings. The number of carbonyl (C=O) groups is 3. The molecule has 1 aliphatic heterocycles. The molecular weight excluding hydrogens is 553 g/mol. The minimum atomic E-state index is -0.847. The van der Waals surface area contributed by atoms with E-state index in [1.54, 1.807) is 23.1 Å². The van der Waals surface area contributed by atoms with E-state index in [2.05, 4.69) is 27.6 Å². The highest BCUT2D eigenvalue weighted by Gasteiger charge is 2.44. The van der Waals surface area contributed by atoms with Crippen LogP contribution in [0, 0.1) is 10.5 Å². The molecule has 6 nitrogen and oxygen atoms in total. The molecule has 5 rings (SSSR count). The molecule has 1 saturated heterocycles. The van der Waals surface area contributed by atoms with Crippen LogP contribution in [0.2, 0.25) is 0 Å². The van der Waals surface area contributed by atoms with Crippen LogP contribution in [0.4, 0.5) is 5.69 Å². The second-order valence-electron chi connectivity index (χ2n) is 8.74. The van der Waals surface area contributed by atoms with Gasteiger partial charge in [0, 0.05) is 32.8 Å². The van der Waals surface area contributed by atoms with Gasteiger partial charge in [-0.1, -0.05) is 35.9 Å². The van der Waals surface area contributed by atoms with Crippen molar-refractivity contribution in [1.29, 1.82) is 0 Å². The molecule has 3 aromatic carbocycles. The van der Waals surface area contributed by atoms with Gasteiger partial charge in [0.05, 0.1) is 12.1 Å². The fourth-order valence-corrected chi connectivity index (χ4v) is 5.00. The number of aromatic nitrogens is 1. The highest BCUT2D eigenvalue weighted by Crippen LogP contribution is 2.28. The van der Waals surface area contributed by atoms with Crippen LogP contribution < -0.4 is 4.90 Å². The van der Waals surface area contributed by atoms with E-state index in [-0.39, 0.29) is 24.1 Å². The van der Waals surface area contributed by atoms with Gasteiger partial charge in [0.1, 0.15) is 6.04 Å². The maximum absolute atomic E-state index is 13.7. The lowest BCUT2D eigenvalue weighted by atomic mass is 10.1. The summed E-state index contributed by atoms with van der Waals surface area (Å²) in [5, 5.41) is 1.09. The molecular formula is C28H24IN3O3. The number of hydrogen-bond donors (Lipinski definition) is 1. The van der Waals surface area contributed by atoms with Crippen LogP contribution in [0.25, 0.3) is 10.9 Å². The Morgan fingerprint density at radius 2 is 1.83 bits per heavy atom. The zero-order chi connectivity index (χ0) is 24.5. The van der Waals surface area contributed by atoms with Gasteiger partial charge in [0.2, 0.25) is 5.91 Å². The minimum absolute atomic E-state index is 0.0315. The number of hydrogen-bond acceptors (Lipinski definition) is 3. The molecule has 176 valence electrons. The molecule has 0 radical (unpaired) electrons. The van der Waals surface area contributed by atoms with Crippen LogP contribution >= 0.6 is 22.6 Å². The number of benzene rings is 3. The van der Waals surface area contributed by atoms with E-state index >= 15 is 0 Å². The summed E-state index contributed by atoms with van der Waals surface area (Å²) in [7, 11) is 0. The average molecular weight is 577 g/mol. The lowest BCUT2D eigenvalue weighted by molar-refractivity contribution is -0.122. The summed E-state index contributed by atoms with van der Waals surface area (Å²) >= 11 is 2.18. The molecule has 7 heteroatoms. The Morgan fingerprint density at radius 1 is 1.06 bits per heavy atom. The molecule has 1 N–H and O–H groups in total. The Morgan fingerprint density at radius 3 is 2.60 bits per heavy atom. The van der Waals surface area contributed by atoms with Crippen molar-refractivity contribution in [3.63, 3.8) is 0 Å². The van der Waals surface area contributed by atoms with Crippen LogP contribution in [0.3, 0.4) is 0 Å². The lowest BCUT2D eigenvalue weighted by Gasteiger charge is -2.28. The Bertz CT molecular complexity index is 1430. The normalized spacial score (nSPS) is 15.7. The number of amides is 3. The maximum atomic E-state index is 13.7. The van der Waals surface area contributed by atoms with Gasteiger partial charge in [-0.2, -0.15) is 0 Å². The van der Waals surface area contributed by atoms with E-state index in [4.69, 9.17) is 0 Å². The van der Waals surface area contributed by atoms with Crippen LogP contribution in [0.15, 0.2) is 79.0 Å². The van der Waals surface area contributed by atoms with Gasteiger partial charge in [0.25, 0.3) is 11.8 Å². The summed E-state index contributed by atoms with van der Waals surface area (Å²) in [5.41, 5.74) is 4.09. The minimum Gasteiger partial charge on any atom is -0.361 e. The number of fused-ring (bicyclic) bond motifs is 1. The fourth-order valence-electron chi connectivity index (χ4n) is 4.64. The number of nitrogens with one attached hydrogen (secondary N) is 1. The van der Waals surface area contributed by atoms with Crippen LogP contribution in [-0.2, 0) is 16.0 Å². The van der Waals surface area contributed by atoms with Crippen molar-refractivity contribution in [2.45, 2.75) is 25.8 Å². The van der Waals surface area contributed by atoms with Crippen molar-refractivity contribution >= 4 is 56.9 Å². The number of H-pyrrole nitrogens is 1. The van der Waals surface area contributed by atoms with Gasteiger partial charge in [-0.25, -0.2) is 4.90 Å². The van der Waals surface area contributed by atoms with Crippen LogP contribution in [-0.4, -0.2) is 40.2 Å². The first-order chi connectivity index (χ1) is 16.9. The lowest BCUT2D eigenvalue weighted by Crippen LogP contribution is -2.46. The van der Waals surface area contributed by atoms with Crippen LogP contribution in [0.1, 0.15) is 27.9 Å². The van der Waals surface area contributed by atoms with E-state index in [1.807, 2.05) is 67.7 Å². The second kappa shape index (κ2) is 9.65. The van der Waals surface area contributed by atoms with Gasteiger partial charge in [-0.15, -0.1) is 0 Å².